The molecule has 21 heavy (non-hydrogen) atoms. The third-order valence-corrected chi connectivity index (χ3v) is 3.63. The molecule has 0 fully saturated rings. The Balaban J connectivity index is 2.31. The molecule has 2 rings (SSSR count). The number of fused-ring (bicyclic) bond motifs is 1. The maximum atomic E-state index is 11.8. The summed E-state index contributed by atoms with van der Waals surface area (Å²) in [6, 6.07) is 5.75. The Kier molecular flexibility index (Phi) is 5.12. The van der Waals surface area contributed by atoms with Gasteiger partial charge in [0.05, 0.1) is 15.9 Å². The summed E-state index contributed by atoms with van der Waals surface area (Å²) >= 11 is 12.4. The zero-order valence-corrected chi connectivity index (χ0v) is 13.9. The maximum absolute atomic E-state index is 11.8. The predicted molar refractivity (Wildman–Crippen MR) is 86.9 cm³/mol. The van der Waals surface area contributed by atoms with Crippen molar-refractivity contribution in [3.05, 3.63) is 29.0 Å². The minimum atomic E-state index is -0.248. The van der Waals surface area contributed by atoms with E-state index in [9.17, 15) is 4.79 Å². The molecule has 1 heterocycles. The average Bonchev–Trinajstić information content (AvgIpc) is 2.76. The Morgan fingerprint density at radius 2 is 2.10 bits per heavy atom. The van der Waals surface area contributed by atoms with Gasteiger partial charge >= 0.3 is 0 Å². The first kappa shape index (κ1) is 16.1. The fourth-order valence-corrected chi connectivity index (χ4v) is 2.66. The third-order valence-electron chi connectivity index (χ3n) is 3.13. The van der Waals surface area contributed by atoms with Crippen LogP contribution in [0, 0.1) is 0 Å². The summed E-state index contributed by atoms with van der Waals surface area (Å²) < 4.78 is 1.97. The van der Waals surface area contributed by atoms with Crippen molar-refractivity contribution >= 4 is 40.1 Å². The number of carbonyl (C=O) groups excluding carboxylic acids is 1. The number of hydrogen-bond acceptors (Lipinski definition) is 2. The minimum Gasteiger partial charge on any atom is -0.354 e. The second-order valence-electron chi connectivity index (χ2n) is 5.32. The molecular weight excluding hydrogens is 309 g/mol. The van der Waals surface area contributed by atoms with Crippen molar-refractivity contribution in [3.8, 4) is 0 Å². The fraction of sp³-hybridized carbons (Fsp3) is 0.467. The minimum absolute atomic E-state index is 0.0158. The number of aryl methyl sites for hydroxylation is 1. The lowest BCUT2D eigenvalue weighted by Crippen LogP contribution is -2.30. The molecule has 6 heteroatoms. The van der Waals surface area contributed by atoms with Gasteiger partial charge < -0.3 is 9.88 Å². The molecule has 1 amide bonds. The second-order valence-corrected chi connectivity index (χ2v) is 6.38. The van der Waals surface area contributed by atoms with Gasteiger partial charge in [-0.3, -0.25) is 4.79 Å². The van der Waals surface area contributed by atoms with E-state index in [4.69, 9.17) is 23.2 Å². The highest BCUT2D eigenvalue weighted by Crippen LogP contribution is 2.28. The number of nitrogens with zero attached hydrogens (tertiary/aromatic N) is 2. The Morgan fingerprint density at radius 3 is 2.71 bits per heavy atom. The quantitative estimate of drug-likeness (QED) is 0.846. The molecule has 4 nitrogen and oxygen atoms in total. The van der Waals surface area contributed by atoms with Crippen LogP contribution in [-0.4, -0.2) is 21.5 Å². The van der Waals surface area contributed by atoms with E-state index in [1.807, 2.05) is 37.5 Å². The second kappa shape index (κ2) is 6.67. The number of hydrogen-bond donors (Lipinski definition) is 1. The first-order chi connectivity index (χ1) is 9.90. The third kappa shape index (κ3) is 3.69. The van der Waals surface area contributed by atoms with E-state index in [0.29, 0.717) is 18.0 Å². The number of aromatic nitrogens is 2. The normalized spacial score (nSPS) is 12.9. The highest BCUT2D eigenvalue weighted by molar-refractivity contribution is 6.35. The Hall–Kier alpha value is -1.26. The van der Waals surface area contributed by atoms with E-state index >= 15 is 0 Å². The summed E-state index contributed by atoms with van der Waals surface area (Å²) in [6.07, 6.45) is 0.382. The van der Waals surface area contributed by atoms with Crippen molar-refractivity contribution in [3.63, 3.8) is 0 Å². The molecule has 0 spiro atoms. The van der Waals surface area contributed by atoms with Gasteiger partial charge in [-0.15, -0.1) is 11.6 Å². The van der Waals surface area contributed by atoms with Gasteiger partial charge in [0.25, 0.3) is 0 Å². The summed E-state index contributed by atoms with van der Waals surface area (Å²) in [5.74, 6) is 0.749. The Labute approximate surface area is 134 Å². The Bertz CT molecular complexity index is 650. The van der Waals surface area contributed by atoms with Gasteiger partial charge in [0.1, 0.15) is 11.3 Å². The first-order valence-electron chi connectivity index (χ1n) is 6.98. The zero-order chi connectivity index (χ0) is 15.6. The molecule has 1 aromatic heterocycles. The van der Waals surface area contributed by atoms with Crippen LogP contribution in [0.1, 0.15) is 38.4 Å². The number of imidazole rings is 1. The van der Waals surface area contributed by atoms with E-state index in [2.05, 4.69) is 10.3 Å². The highest BCUT2D eigenvalue weighted by atomic mass is 35.5. The number of benzene rings is 1. The first-order valence-corrected chi connectivity index (χ1v) is 7.79. The van der Waals surface area contributed by atoms with E-state index in [1.54, 1.807) is 6.07 Å². The van der Waals surface area contributed by atoms with Gasteiger partial charge in [-0.05, 0) is 32.9 Å². The SMILES string of the molecule is CC(C)NC(=O)CCn1c(C(C)Cl)nc2c(Cl)cccc21. The van der Waals surface area contributed by atoms with Crippen LogP contribution in [0.15, 0.2) is 18.2 Å². The molecular formula is C15H19Cl2N3O. The number of halogens is 2. The molecule has 0 aliphatic carbocycles. The lowest BCUT2D eigenvalue weighted by Gasteiger charge is -2.12. The van der Waals surface area contributed by atoms with E-state index in [-0.39, 0.29) is 17.3 Å². The molecule has 1 atom stereocenters. The van der Waals surface area contributed by atoms with Gasteiger partial charge in [0.2, 0.25) is 5.91 Å². The monoisotopic (exact) mass is 327 g/mol. The molecule has 0 saturated carbocycles. The lowest BCUT2D eigenvalue weighted by molar-refractivity contribution is -0.121. The maximum Gasteiger partial charge on any atom is 0.221 e. The zero-order valence-electron chi connectivity index (χ0n) is 12.4. The van der Waals surface area contributed by atoms with Gasteiger partial charge in [-0.1, -0.05) is 17.7 Å². The van der Waals surface area contributed by atoms with Crippen LogP contribution >= 0.6 is 23.2 Å². The van der Waals surface area contributed by atoms with Crippen LogP contribution in [0.3, 0.4) is 0 Å². The lowest BCUT2D eigenvalue weighted by atomic mass is 10.3. The number of carbonyl (C=O) groups is 1. The van der Waals surface area contributed by atoms with Gasteiger partial charge in [0.15, 0.2) is 0 Å². The summed E-state index contributed by atoms with van der Waals surface area (Å²) in [7, 11) is 0. The predicted octanol–water partition coefficient (Wildman–Crippen LogP) is 3.90. The van der Waals surface area contributed by atoms with Crippen molar-refractivity contribution in [1.82, 2.24) is 14.9 Å². The summed E-state index contributed by atoms with van der Waals surface area (Å²) in [4.78, 5) is 16.3. The molecule has 0 aliphatic heterocycles. The molecule has 0 saturated heterocycles. The number of para-hydroxylation sites is 1. The molecule has 2 aromatic rings. The highest BCUT2D eigenvalue weighted by Gasteiger charge is 2.17. The number of amides is 1. The standard InChI is InChI=1S/C15H19Cl2N3O/c1-9(2)18-13(21)7-8-20-12-6-4-5-11(17)14(12)19-15(20)10(3)16/h4-6,9-10H,7-8H2,1-3H3,(H,18,21). The van der Waals surface area contributed by atoms with Crippen LogP contribution in [0.4, 0.5) is 0 Å². The number of alkyl halides is 1. The van der Waals surface area contributed by atoms with Crippen LogP contribution in [0.5, 0.6) is 0 Å². The Morgan fingerprint density at radius 1 is 1.38 bits per heavy atom. The van der Waals surface area contributed by atoms with Gasteiger partial charge in [-0.2, -0.15) is 0 Å². The topological polar surface area (TPSA) is 46.9 Å². The van der Waals surface area contributed by atoms with Crippen LogP contribution < -0.4 is 5.32 Å². The fourth-order valence-electron chi connectivity index (χ4n) is 2.28. The number of rotatable bonds is 5. The van der Waals surface area contributed by atoms with Crippen molar-refractivity contribution in [1.29, 1.82) is 0 Å². The van der Waals surface area contributed by atoms with Gasteiger partial charge in [0, 0.05) is 19.0 Å². The van der Waals surface area contributed by atoms with E-state index in [1.165, 1.54) is 0 Å². The summed E-state index contributed by atoms with van der Waals surface area (Å²) in [5, 5.41) is 3.23. The smallest absolute Gasteiger partial charge is 0.221 e. The van der Waals surface area contributed by atoms with Gasteiger partial charge in [-0.25, -0.2) is 4.98 Å². The van der Waals surface area contributed by atoms with E-state index < -0.39 is 0 Å². The molecule has 114 valence electrons. The van der Waals surface area contributed by atoms with Crippen molar-refractivity contribution < 1.29 is 4.79 Å². The molecule has 0 radical (unpaired) electrons. The molecule has 0 bridgehead atoms. The van der Waals surface area contributed by atoms with Crippen LogP contribution in [0.25, 0.3) is 11.0 Å². The molecule has 1 aromatic carbocycles. The molecule has 1 N–H and O–H groups in total. The van der Waals surface area contributed by atoms with Crippen molar-refractivity contribution in [2.75, 3.05) is 0 Å². The molecule has 0 aliphatic rings. The largest absolute Gasteiger partial charge is 0.354 e. The summed E-state index contributed by atoms with van der Waals surface area (Å²) in [5.41, 5.74) is 1.63. The summed E-state index contributed by atoms with van der Waals surface area (Å²) in [6.45, 7) is 6.27. The number of nitrogens with one attached hydrogen (secondary N) is 1. The van der Waals surface area contributed by atoms with Crippen molar-refractivity contribution in [2.24, 2.45) is 0 Å². The van der Waals surface area contributed by atoms with Crippen molar-refractivity contribution in [2.45, 2.75) is 45.2 Å². The molecule has 1 unspecified atom stereocenters. The van der Waals surface area contributed by atoms with Crippen LogP contribution in [0.2, 0.25) is 5.02 Å². The van der Waals surface area contributed by atoms with E-state index in [0.717, 1.165) is 16.9 Å². The average molecular weight is 328 g/mol. The van der Waals surface area contributed by atoms with Crippen LogP contribution in [-0.2, 0) is 11.3 Å².